The van der Waals surface area contributed by atoms with E-state index in [2.05, 4.69) is 31.7 Å². The van der Waals surface area contributed by atoms with Crippen LogP contribution in [0.1, 0.15) is 26.3 Å². The van der Waals surface area contributed by atoms with Crippen LogP contribution in [0.4, 0.5) is 0 Å². The van der Waals surface area contributed by atoms with Gasteiger partial charge in [0, 0.05) is 18.1 Å². The second-order valence-electron chi connectivity index (χ2n) is 5.26. The molecule has 1 aromatic rings. The van der Waals surface area contributed by atoms with Gasteiger partial charge in [0.1, 0.15) is 0 Å². The Balaban J connectivity index is 2.68. The number of nitrogens with two attached hydrogens (primary N) is 1. The van der Waals surface area contributed by atoms with Crippen LogP contribution in [0.25, 0.3) is 0 Å². The van der Waals surface area contributed by atoms with Crippen molar-refractivity contribution in [3.8, 4) is 0 Å². The lowest BCUT2D eigenvalue weighted by Gasteiger charge is -2.31. The van der Waals surface area contributed by atoms with Gasteiger partial charge in [0.05, 0.1) is 0 Å². The standard InChI is InChI=1S/C14H23ClN2/c1-4-17(11-14(2,3)10-16)9-12-7-5-6-8-13(12)15/h5-8H,4,9-11,16H2,1-3H3. The zero-order chi connectivity index (χ0) is 12.9. The summed E-state index contributed by atoms with van der Waals surface area (Å²) in [5, 5.41) is 0.844. The van der Waals surface area contributed by atoms with E-state index in [0.717, 1.165) is 24.7 Å². The number of benzene rings is 1. The van der Waals surface area contributed by atoms with Crippen molar-refractivity contribution in [2.45, 2.75) is 27.3 Å². The van der Waals surface area contributed by atoms with Crippen LogP contribution in [0, 0.1) is 5.41 Å². The molecule has 0 radical (unpaired) electrons. The Labute approximate surface area is 110 Å². The highest BCUT2D eigenvalue weighted by Gasteiger charge is 2.19. The Hall–Kier alpha value is -0.570. The van der Waals surface area contributed by atoms with Gasteiger partial charge in [-0.25, -0.2) is 0 Å². The van der Waals surface area contributed by atoms with Gasteiger partial charge in [0.15, 0.2) is 0 Å². The second kappa shape index (κ2) is 6.39. The Kier molecular flexibility index (Phi) is 5.44. The third-order valence-electron chi connectivity index (χ3n) is 3.00. The summed E-state index contributed by atoms with van der Waals surface area (Å²) < 4.78 is 0. The molecule has 0 saturated carbocycles. The van der Waals surface area contributed by atoms with Gasteiger partial charge in [-0.3, -0.25) is 4.90 Å². The zero-order valence-corrected chi connectivity index (χ0v) is 11.8. The molecule has 17 heavy (non-hydrogen) atoms. The summed E-state index contributed by atoms with van der Waals surface area (Å²) in [5.74, 6) is 0. The monoisotopic (exact) mass is 254 g/mol. The number of hydrogen-bond acceptors (Lipinski definition) is 2. The second-order valence-corrected chi connectivity index (χ2v) is 5.67. The van der Waals surface area contributed by atoms with Crippen LogP contribution in [0.3, 0.4) is 0 Å². The third kappa shape index (κ3) is 4.66. The molecular weight excluding hydrogens is 232 g/mol. The van der Waals surface area contributed by atoms with Crippen LogP contribution in [0.5, 0.6) is 0 Å². The molecule has 0 aliphatic heterocycles. The van der Waals surface area contributed by atoms with Crippen molar-refractivity contribution in [3.63, 3.8) is 0 Å². The largest absolute Gasteiger partial charge is 0.330 e. The van der Waals surface area contributed by atoms with Crippen molar-refractivity contribution < 1.29 is 0 Å². The minimum absolute atomic E-state index is 0.150. The van der Waals surface area contributed by atoms with Crippen LogP contribution in [0.15, 0.2) is 24.3 Å². The molecule has 0 aliphatic rings. The average Bonchev–Trinajstić information content (AvgIpc) is 2.31. The molecule has 0 unspecified atom stereocenters. The highest BCUT2D eigenvalue weighted by atomic mass is 35.5. The first-order chi connectivity index (χ1) is 7.98. The average molecular weight is 255 g/mol. The summed E-state index contributed by atoms with van der Waals surface area (Å²) in [6.45, 7) is 10.2. The van der Waals surface area contributed by atoms with Gasteiger partial charge < -0.3 is 5.73 Å². The highest BCUT2D eigenvalue weighted by Crippen LogP contribution is 2.20. The molecule has 96 valence electrons. The molecular formula is C14H23ClN2. The van der Waals surface area contributed by atoms with Crippen molar-refractivity contribution >= 4 is 11.6 Å². The molecule has 0 fully saturated rings. The van der Waals surface area contributed by atoms with Crippen LogP contribution >= 0.6 is 11.6 Å². The molecule has 0 spiro atoms. The maximum absolute atomic E-state index is 6.18. The lowest BCUT2D eigenvalue weighted by atomic mass is 9.93. The van der Waals surface area contributed by atoms with Gasteiger partial charge >= 0.3 is 0 Å². The predicted octanol–water partition coefficient (Wildman–Crippen LogP) is 3.15. The van der Waals surface area contributed by atoms with Crippen LogP contribution in [0.2, 0.25) is 5.02 Å². The Bertz CT molecular complexity index is 350. The minimum atomic E-state index is 0.150. The van der Waals surface area contributed by atoms with Crippen molar-refractivity contribution in [1.29, 1.82) is 0 Å². The maximum Gasteiger partial charge on any atom is 0.0451 e. The number of nitrogens with zero attached hydrogens (tertiary/aromatic N) is 1. The van der Waals surface area contributed by atoms with Crippen LogP contribution in [-0.2, 0) is 6.54 Å². The highest BCUT2D eigenvalue weighted by molar-refractivity contribution is 6.31. The van der Waals surface area contributed by atoms with Gasteiger partial charge in [-0.05, 0) is 30.1 Å². The minimum Gasteiger partial charge on any atom is -0.330 e. The molecule has 0 heterocycles. The molecule has 1 rings (SSSR count). The van der Waals surface area contributed by atoms with E-state index < -0.39 is 0 Å². The molecule has 3 heteroatoms. The molecule has 0 aromatic heterocycles. The maximum atomic E-state index is 6.18. The first-order valence-corrected chi connectivity index (χ1v) is 6.52. The van der Waals surface area contributed by atoms with Gasteiger partial charge in [-0.15, -0.1) is 0 Å². The molecule has 0 aliphatic carbocycles. The molecule has 1 aromatic carbocycles. The topological polar surface area (TPSA) is 29.3 Å². The Morgan fingerprint density at radius 3 is 2.47 bits per heavy atom. The molecule has 0 bridgehead atoms. The van der Waals surface area contributed by atoms with E-state index in [0.29, 0.717) is 6.54 Å². The first-order valence-electron chi connectivity index (χ1n) is 6.14. The predicted molar refractivity (Wildman–Crippen MR) is 75.2 cm³/mol. The number of rotatable bonds is 6. The Morgan fingerprint density at radius 1 is 1.29 bits per heavy atom. The van der Waals surface area contributed by atoms with E-state index in [1.165, 1.54) is 5.56 Å². The fourth-order valence-corrected chi connectivity index (χ4v) is 2.01. The number of hydrogen-bond donors (Lipinski definition) is 1. The van der Waals surface area contributed by atoms with Gasteiger partial charge in [0.2, 0.25) is 0 Å². The van der Waals surface area contributed by atoms with Crippen molar-refractivity contribution in [2.24, 2.45) is 11.1 Å². The van der Waals surface area contributed by atoms with Gasteiger partial charge in [0.25, 0.3) is 0 Å². The summed E-state index contributed by atoms with van der Waals surface area (Å²) in [5.41, 5.74) is 7.11. The molecule has 2 N–H and O–H groups in total. The quantitative estimate of drug-likeness (QED) is 0.845. The molecule has 0 atom stereocenters. The van der Waals surface area contributed by atoms with Crippen LogP contribution in [-0.4, -0.2) is 24.5 Å². The summed E-state index contributed by atoms with van der Waals surface area (Å²) in [6.07, 6.45) is 0. The fourth-order valence-electron chi connectivity index (χ4n) is 1.82. The van der Waals surface area contributed by atoms with E-state index >= 15 is 0 Å². The molecule has 0 amide bonds. The SMILES string of the molecule is CCN(Cc1ccccc1Cl)CC(C)(C)CN. The summed E-state index contributed by atoms with van der Waals surface area (Å²) in [4.78, 5) is 2.38. The van der Waals surface area contributed by atoms with Gasteiger partial charge in [-0.1, -0.05) is 50.6 Å². The Morgan fingerprint density at radius 2 is 1.94 bits per heavy atom. The van der Waals surface area contributed by atoms with Crippen molar-refractivity contribution in [2.75, 3.05) is 19.6 Å². The lowest BCUT2D eigenvalue weighted by molar-refractivity contribution is 0.183. The van der Waals surface area contributed by atoms with Crippen molar-refractivity contribution in [1.82, 2.24) is 4.90 Å². The van der Waals surface area contributed by atoms with E-state index in [9.17, 15) is 0 Å². The smallest absolute Gasteiger partial charge is 0.0451 e. The van der Waals surface area contributed by atoms with E-state index in [1.807, 2.05) is 18.2 Å². The molecule has 0 saturated heterocycles. The third-order valence-corrected chi connectivity index (χ3v) is 3.37. The fraction of sp³-hybridized carbons (Fsp3) is 0.571. The summed E-state index contributed by atoms with van der Waals surface area (Å²) in [7, 11) is 0. The summed E-state index contributed by atoms with van der Waals surface area (Å²) in [6, 6.07) is 8.02. The van der Waals surface area contributed by atoms with E-state index in [4.69, 9.17) is 17.3 Å². The van der Waals surface area contributed by atoms with Crippen LogP contribution < -0.4 is 5.73 Å². The normalized spacial score (nSPS) is 12.1. The van der Waals surface area contributed by atoms with Crippen molar-refractivity contribution in [3.05, 3.63) is 34.9 Å². The number of halogens is 1. The first kappa shape index (κ1) is 14.5. The van der Waals surface area contributed by atoms with E-state index in [-0.39, 0.29) is 5.41 Å². The molecule has 2 nitrogen and oxygen atoms in total. The summed E-state index contributed by atoms with van der Waals surface area (Å²) >= 11 is 6.18. The zero-order valence-electron chi connectivity index (χ0n) is 11.0. The van der Waals surface area contributed by atoms with Gasteiger partial charge in [-0.2, -0.15) is 0 Å². The van der Waals surface area contributed by atoms with E-state index in [1.54, 1.807) is 0 Å². The lowest BCUT2D eigenvalue weighted by Crippen LogP contribution is -2.38.